The molecule has 1 fully saturated rings. The molecule has 0 radical (unpaired) electrons. The van der Waals surface area contributed by atoms with Gasteiger partial charge in [0.1, 0.15) is 0 Å². The van der Waals surface area contributed by atoms with Crippen LogP contribution in [0.2, 0.25) is 0 Å². The number of hydrogen-bond donors (Lipinski definition) is 0. The number of rotatable bonds is 11. The third-order valence-corrected chi connectivity index (χ3v) is 8.17. The molecule has 4 aliphatic rings. The zero-order valence-corrected chi connectivity index (χ0v) is 24.3. The molecule has 1 aromatic carbocycles. The van der Waals surface area contributed by atoms with E-state index in [-0.39, 0.29) is 6.10 Å². The summed E-state index contributed by atoms with van der Waals surface area (Å²) < 4.78 is 6.19. The van der Waals surface area contributed by atoms with Crippen LogP contribution in [-0.2, 0) is 9.53 Å². The minimum absolute atomic E-state index is 0.0971. The van der Waals surface area contributed by atoms with Crippen molar-refractivity contribution >= 4 is 17.6 Å². The number of benzene rings is 1. The van der Waals surface area contributed by atoms with Crippen molar-refractivity contribution < 1.29 is 9.53 Å². The highest BCUT2D eigenvalue weighted by molar-refractivity contribution is 5.98. The Kier molecular flexibility index (Phi) is 9.83. The van der Waals surface area contributed by atoms with Crippen molar-refractivity contribution in [1.82, 2.24) is 4.90 Å². The predicted octanol–water partition coefficient (Wildman–Crippen LogP) is 8.47. The molecule has 210 valence electrons. The van der Waals surface area contributed by atoms with E-state index in [0.717, 1.165) is 83.1 Å². The second kappa shape index (κ2) is 13.9. The number of ether oxygens (including phenoxy) is 1. The van der Waals surface area contributed by atoms with Crippen molar-refractivity contribution in [1.29, 1.82) is 0 Å². The minimum Gasteiger partial charge on any atom is -0.373 e. The van der Waals surface area contributed by atoms with E-state index in [1.165, 1.54) is 33.5 Å². The Hall–Kier alpha value is -3.24. The van der Waals surface area contributed by atoms with Gasteiger partial charge in [-0.25, -0.2) is 0 Å². The first-order chi connectivity index (χ1) is 19.7. The van der Waals surface area contributed by atoms with E-state index in [0.29, 0.717) is 11.7 Å². The lowest BCUT2D eigenvalue weighted by Gasteiger charge is -2.31. The highest BCUT2D eigenvalue weighted by Gasteiger charge is 2.32. The number of carbonyl (C=O) groups is 1. The van der Waals surface area contributed by atoms with Crippen LogP contribution < -0.4 is 0 Å². The first-order valence-corrected chi connectivity index (χ1v) is 15.4. The Bertz CT molecular complexity index is 1270. The van der Waals surface area contributed by atoms with E-state index in [1.807, 2.05) is 12.4 Å². The Labute approximate surface area is 240 Å². The maximum atomic E-state index is 12.6. The van der Waals surface area contributed by atoms with Gasteiger partial charge in [-0.2, -0.15) is 0 Å². The van der Waals surface area contributed by atoms with E-state index in [2.05, 4.69) is 84.5 Å². The predicted molar refractivity (Wildman–Crippen MR) is 166 cm³/mol. The summed E-state index contributed by atoms with van der Waals surface area (Å²) in [7, 11) is 0. The van der Waals surface area contributed by atoms with Crippen LogP contribution in [0.25, 0.3) is 5.57 Å². The van der Waals surface area contributed by atoms with Gasteiger partial charge in [0, 0.05) is 49.3 Å². The number of hydrogen-bond acceptors (Lipinski definition) is 4. The molecule has 40 heavy (non-hydrogen) atoms. The summed E-state index contributed by atoms with van der Waals surface area (Å²) in [5, 5.41) is 0. The molecule has 0 aromatic heterocycles. The number of aliphatic imine (C=N–C) groups is 1. The third-order valence-electron chi connectivity index (χ3n) is 8.17. The van der Waals surface area contributed by atoms with Crippen LogP contribution >= 0.6 is 0 Å². The van der Waals surface area contributed by atoms with Crippen LogP contribution in [0.1, 0.15) is 88.9 Å². The molecule has 0 bridgehead atoms. The molecule has 4 nitrogen and oxygen atoms in total. The summed E-state index contributed by atoms with van der Waals surface area (Å²) >= 11 is 0. The Morgan fingerprint density at radius 3 is 2.75 bits per heavy atom. The van der Waals surface area contributed by atoms with Gasteiger partial charge in [-0.05, 0) is 97.8 Å². The number of ketones is 1. The van der Waals surface area contributed by atoms with Crippen molar-refractivity contribution in [3.8, 4) is 0 Å². The Morgan fingerprint density at radius 1 is 1.12 bits per heavy atom. The quantitative estimate of drug-likeness (QED) is 0.266. The van der Waals surface area contributed by atoms with Crippen LogP contribution in [0.15, 0.2) is 94.3 Å². The normalized spacial score (nSPS) is 21.6. The molecule has 4 heteroatoms. The van der Waals surface area contributed by atoms with E-state index in [9.17, 15) is 4.79 Å². The standard InChI is InChI=1S/C36H44N2O2/c1-3-5-6-11-35(40-24-4-2)28-14-12-27(13-15-28)31-18-19-32-26-37-21-20-34(33(32)25-31)38-22-7-9-29(10-8-23-38)36(39)30-16-17-30/h5-6,9,12-15,18,20-21,25-26,30,35H,3-4,7-8,10-11,16-17,19,22-24H2,1-2H3/b6-5+,29-9-. The van der Waals surface area contributed by atoms with E-state index < -0.39 is 0 Å². The molecular weight excluding hydrogens is 492 g/mol. The van der Waals surface area contributed by atoms with Crippen LogP contribution in [0, 0.1) is 5.92 Å². The van der Waals surface area contributed by atoms with E-state index >= 15 is 0 Å². The first-order valence-electron chi connectivity index (χ1n) is 15.4. The number of nitrogens with zero attached hydrogens (tertiary/aromatic N) is 2. The molecule has 1 atom stereocenters. The SMILES string of the molecule is CC/C=C/CC(OCCC)c1ccc(C2=CCC3=CN=CC=C(N4CC/C=C(\C(=O)C5CC5)CCC4)C3=C2)cc1. The molecule has 2 heterocycles. The average Bonchev–Trinajstić information content (AvgIpc) is 3.82. The van der Waals surface area contributed by atoms with Gasteiger partial charge < -0.3 is 9.64 Å². The molecule has 1 saturated carbocycles. The first kappa shape index (κ1) is 28.3. The second-order valence-corrected chi connectivity index (χ2v) is 11.3. The molecule has 0 N–H and O–H groups in total. The highest BCUT2D eigenvalue weighted by atomic mass is 16.5. The molecule has 5 rings (SSSR count). The fraction of sp³-hybridized carbons (Fsp3) is 0.444. The summed E-state index contributed by atoms with van der Waals surface area (Å²) in [4.78, 5) is 19.7. The summed E-state index contributed by atoms with van der Waals surface area (Å²) in [6.07, 6.45) is 26.4. The highest BCUT2D eigenvalue weighted by Crippen LogP contribution is 2.37. The van der Waals surface area contributed by atoms with Gasteiger partial charge in [0.15, 0.2) is 5.78 Å². The lowest BCUT2D eigenvalue weighted by Crippen LogP contribution is -2.28. The minimum atomic E-state index is 0.0971. The van der Waals surface area contributed by atoms with Crippen molar-refractivity contribution in [2.75, 3.05) is 19.7 Å². The summed E-state index contributed by atoms with van der Waals surface area (Å²) in [5.41, 5.74) is 8.58. The van der Waals surface area contributed by atoms with Crippen molar-refractivity contribution in [3.63, 3.8) is 0 Å². The maximum absolute atomic E-state index is 12.6. The molecule has 1 aromatic rings. The van der Waals surface area contributed by atoms with Crippen LogP contribution in [0.4, 0.5) is 0 Å². The number of allylic oxidation sites excluding steroid dienone is 7. The van der Waals surface area contributed by atoms with Crippen LogP contribution in [-0.4, -0.2) is 36.6 Å². The fourth-order valence-electron chi connectivity index (χ4n) is 5.79. The Balaban J connectivity index is 1.32. The van der Waals surface area contributed by atoms with E-state index in [1.54, 1.807) is 0 Å². The molecular formula is C36H44N2O2. The zero-order chi connectivity index (χ0) is 27.7. The topological polar surface area (TPSA) is 41.9 Å². The molecule has 2 aliphatic carbocycles. The fourth-order valence-corrected chi connectivity index (χ4v) is 5.79. The van der Waals surface area contributed by atoms with Gasteiger partial charge in [0.25, 0.3) is 0 Å². The molecule has 1 unspecified atom stereocenters. The van der Waals surface area contributed by atoms with Gasteiger partial charge >= 0.3 is 0 Å². The van der Waals surface area contributed by atoms with Crippen LogP contribution in [0.3, 0.4) is 0 Å². The Morgan fingerprint density at radius 2 is 1.98 bits per heavy atom. The maximum Gasteiger partial charge on any atom is 0.161 e. The molecule has 0 amide bonds. The van der Waals surface area contributed by atoms with Gasteiger partial charge in [0.05, 0.1) is 6.10 Å². The second-order valence-electron chi connectivity index (χ2n) is 11.3. The smallest absolute Gasteiger partial charge is 0.161 e. The average molecular weight is 537 g/mol. The molecule has 2 aliphatic heterocycles. The summed E-state index contributed by atoms with van der Waals surface area (Å²) in [5.74, 6) is 0.727. The monoisotopic (exact) mass is 536 g/mol. The number of carbonyl (C=O) groups excluding carboxylic acids is 1. The largest absolute Gasteiger partial charge is 0.373 e. The zero-order valence-electron chi connectivity index (χ0n) is 24.3. The number of Topliss-reactive ketones (excluding diaryl/α,β-unsaturated/α-hetero) is 1. The lowest BCUT2D eigenvalue weighted by molar-refractivity contribution is -0.116. The van der Waals surface area contributed by atoms with Gasteiger partial charge in [0.2, 0.25) is 0 Å². The third kappa shape index (κ3) is 7.09. The van der Waals surface area contributed by atoms with Gasteiger partial charge in [-0.1, -0.05) is 62.4 Å². The van der Waals surface area contributed by atoms with Crippen molar-refractivity contribution in [3.05, 3.63) is 100 Å². The number of fused-ring (bicyclic) bond motifs is 1. The van der Waals surface area contributed by atoms with Crippen molar-refractivity contribution in [2.45, 2.75) is 77.7 Å². The summed E-state index contributed by atoms with van der Waals surface area (Å²) in [6.45, 7) is 6.98. The molecule has 0 saturated heterocycles. The van der Waals surface area contributed by atoms with Crippen LogP contribution in [0.5, 0.6) is 0 Å². The van der Waals surface area contributed by atoms with E-state index in [4.69, 9.17) is 4.74 Å². The van der Waals surface area contributed by atoms with Crippen molar-refractivity contribution in [2.24, 2.45) is 10.9 Å². The lowest BCUT2D eigenvalue weighted by atomic mass is 9.88. The van der Waals surface area contributed by atoms with Gasteiger partial charge in [-0.15, -0.1) is 0 Å². The van der Waals surface area contributed by atoms with Gasteiger partial charge in [-0.3, -0.25) is 9.79 Å². The molecule has 0 spiro atoms. The summed E-state index contributed by atoms with van der Waals surface area (Å²) in [6, 6.07) is 8.96.